The van der Waals surface area contributed by atoms with Crippen LogP contribution in [0.1, 0.15) is 39.0 Å². The van der Waals surface area contributed by atoms with Crippen LogP contribution in [0, 0.1) is 5.92 Å². The van der Waals surface area contributed by atoms with Crippen LogP contribution in [0.25, 0.3) is 0 Å². The maximum Gasteiger partial charge on any atom is 0.0966 e. The van der Waals surface area contributed by atoms with Crippen molar-refractivity contribution in [1.82, 2.24) is 10.2 Å². The van der Waals surface area contributed by atoms with Crippen molar-refractivity contribution < 1.29 is 5.11 Å². The zero-order valence-corrected chi connectivity index (χ0v) is 10.3. The highest BCUT2D eigenvalue weighted by Crippen LogP contribution is 2.40. The molecule has 0 saturated carbocycles. The average Bonchev–Trinajstić information content (AvgIpc) is 2.84. The van der Waals surface area contributed by atoms with Crippen molar-refractivity contribution in [1.29, 1.82) is 0 Å². The highest BCUT2D eigenvalue weighted by atomic mass is 16.3. The van der Waals surface area contributed by atoms with Crippen LogP contribution in [-0.2, 0) is 0 Å². The minimum Gasteiger partial charge on any atom is -0.387 e. The second-order valence-corrected chi connectivity index (χ2v) is 6.07. The van der Waals surface area contributed by atoms with E-state index in [-0.39, 0.29) is 0 Å². The summed E-state index contributed by atoms with van der Waals surface area (Å²) in [6.45, 7) is 5.71. The van der Waals surface area contributed by atoms with E-state index in [1.54, 1.807) is 0 Å². The minimum atomic E-state index is -0.439. The first-order chi connectivity index (χ1) is 7.70. The van der Waals surface area contributed by atoms with E-state index in [1.165, 1.54) is 25.8 Å². The van der Waals surface area contributed by atoms with Crippen molar-refractivity contribution in [2.45, 2.75) is 56.7 Å². The van der Waals surface area contributed by atoms with Gasteiger partial charge in [0.05, 0.1) is 5.60 Å². The first-order valence-corrected chi connectivity index (χ1v) is 6.90. The van der Waals surface area contributed by atoms with Gasteiger partial charge in [-0.25, -0.2) is 0 Å². The summed E-state index contributed by atoms with van der Waals surface area (Å²) in [5.74, 6) is 0.769. The van der Waals surface area contributed by atoms with Crippen molar-refractivity contribution in [2.75, 3.05) is 19.6 Å². The van der Waals surface area contributed by atoms with Gasteiger partial charge >= 0.3 is 0 Å². The number of piperidine rings is 1. The lowest BCUT2D eigenvalue weighted by atomic mass is 9.78. The molecule has 0 aromatic rings. The van der Waals surface area contributed by atoms with Crippen molar-refractivity contribution in [3.8, 4) is 0 Å². The summed E-state index contributed by atoms with van der Waals surface area (Å²) in [5.41, 5.74) is -0.439. The Labute approximate surface area is 98.2 Å². The third kappa shape index (κ3) is 1.60. The number of hydrogen-bond donors (Lipinski definition) is 2. The zero-order chi connectivity index (χ0) is 11.2. The summed E-state index contributed by atoms with van der Waals surface area (Å²) in [5, 5.41) is 14.6. The van der Waals surface area contributed by atoms with Gasteiger partial charge in [-0.2, -0.15) is 0 Å². The highest BCUT2D eigenvalue weighted by Gasteiger charge is 2.52. The van der Waals surface area contributed by atoms with Crippen molar-refractivity contribution in [2.24, 2.45) is 5.92 Å². The molecule has 3 nitrogen and oxygen atoms in total. The standard InChI is InChI=1S/C13H24N2O/c1-10-4-6-14-11(9-10)13(16)5-8-15-7-2-3-12(13)15/h10-12,14,16H,2-9H2,1H3. The third-order valence-corrected chi connectivity index (χ3v) is 5.01. The molecule has 3 aliphatic heterocycles. The van der Waals surface area contributed by atoms with Crippen LogP contribution in [0.5, 0.6) is 0 Å². The number of hydrogen-bond acceptors (Lipinski definition) is 3. The van der Waals surface area contributed by atoms with Gasteiger partial charge in [-0.3, -0.25) is 4.90 Å². The summed E-state index contributed by atoms with van der Waals surface area (Å²) >= 11 is 0. The molecule has 4 unspecified atom stereocenters. The molecular formula is C13H24N2O. The predicted molar refractivity (Wildman–Crippen MR) is 64.4 cm³/mol. The zero-order valence-electron chi connectivity index (χ0n) is 10.3. The van der Waals surface area contributed by atoms with Gasteiger partial charge in [0.15, 0.2) is 0 Å². The van der Waals surface area contributed by atoms with Crippen LogP contribution in [0.4, 0.5) is 0 Å². The molecule has 3 fully saturated rings. The first kappa shape index (κ1) is 11.0. The van der Waals surface area contributed by atoms with Crippen molar-refractivity contribution in [3.05, 3.63) is 0 Å². The van der Waals surface area contributed by atoms with Crippen molar-refractivity contribution in [3.63, 3.8) is 0 Å². The Kier molecular flexibility index (Phi) is 2.73. The molecule has 3 rings (SSSR count). The largest absolute Gasteiger partial charge is 0.387 e. The maximum atomic E-state index is 11.0. The summed E-state index contributed by atoms with van der Waals surface area (Å²) in [6, 6.07) is 0.777. The molecule has 0 aliphatic carbocycles. The van der Waals surface area contributed by atoms with Gasteiger partial charge in [0.2, 0.25) is 0 Å². The lowest BCUT2D eigenvalue weighted by molar-refractivity contribution is -0.0338. The third-order valence-electron chi connectivity index (χ3n) is 5.01. The van der Waals surface area contributed by atoms with Gasteiger partial charge in [0.1, 0.15) is 0 Å². The van der Waals surface area contributed by atoms with Gasteiger partial charge < -0.3 is 10.4 Å². The van der Waals surface area contributed by atoms with Crippen molar-refractivity contribution >= 4 is 0 Å². The summed E-state index contributed by atoms with van der Waals surface area (Å²) in [7, 11) is 0. The molecule has 16 heavy (non-hydrogen) atoms. The lowest BCUT2D eigenvalue weighted by Crippen LogP contribution is -2.59. The van der Waals surface area contributed by atoms with E-state index in [4.69, 9.17) is 0 Å². The van der Waals surface area contributed by atoms with E-state index in [1.807, 2.05) is 0 Å². The lowest BCUT2D eigenvalue weighted by Gasteiger charge is -2.42. The summed E-state index contributed by atoms with van der Waals surface area (Å²) in [4.78, 5) is 2.50. The molecule has 0 aromatic heterocycles. The molecule has 0 radical (unpaired) electrons. The SMILES string of the molecule is CC1CCNC(C2(O)CCN3CCCC32)C1. The van der Waals surface area contributed by atoms with E-state index in [9.17, 15) is 5.11 Å². The normalized spacial score (nSPS) is 49.5. The highest BCUT2D eigenvalue weighted by molar-refractivity contribution is 5.09. The second kappa shape index (κ2) is 3.97. The van der Waals surface area contributed by atoms with E-state index < -0.39 is 5.60 Å². The molecule has 92 valence electrons. The Morgan fingerprint density at radius 2 is 2.19 bits per heavy atom. The number of nitrogens with one attached hydrogen (secondary N) is 1. The van der Waals surface area contributed by atoms with Crippen LogP contribution in [-0.4, -0.2) is 47.3 Å². The van der Waals surface area contributed by atoms with E-state index in [2.05, 4.69) is 17.1 Å². The fourth-order valence-corrected chi connectivity index (χ4v) is 4.04. The first-order valence-electron chi connectivity index (χ1n) is 6.90. The summed E-state index contributed by atoms with van der Waals surface area (Å²) < 4.78 is 0. The molecule has 0 bridgehead atoms. The predicted octanol–water partition coefficient (Wildman–Crippen LogP) is 0.974. The fourth-order valence-electron chi connectivity index (χ4n) is 4.04. The average molecular weight is 224 g/mol. The Bertz CT molecular complexity index is 271. The Balaban J connectivity index is 1.76. The quantitative estimate of drug-likeness (QED) is 0.697. The number of aliphatic hydroxyl groups is 1. The van der Waals surface area contributed by atoms with E-state index in [0.29, 0.717) is 12.1 Å². The van der Waals surface area contributed by atoms with Crippen LogP contribution < -0.4 is 5.32 Å². The number of nitrogens with zero attached hydrogens (tertiary/aromatic N) is 1. The maximum absolute atomic E-state index is 11.0. The van der Waals surface area contributed by atoms with Gasteiger partial charge in [0, 0.05) is 18.6 Å². The molecular weight excluding hydrogens is 200 g/mol. The second-order valence-electron chi connectivity index (χ2n) is 6.07. The Hall–Kier alpha value is -0.120. The van der Waals surface area contributed by atoms with Crippen LogP contribution >= 0.6 is 0 Å². The monoisotopic (exact) mass is 224 g/mol. The Morgan fingerprint density at radius 3 is 3.00 bits per heavy atom. The Morgan fingerprint density at radius 1 is 1.31 bits per heavy atom. The van der Waals surface area contributed by atoms with E-state index in [0.717, 1.165) is 31.8 Å². The fraction of sp³-hybridized carbons (Fsp3) is 1.00. The minimum absolute atomic E-state index is 0.337. The molecule has 3 aliphatic rings. The molecule has 3 heteroatoms. The molecule has 3 saturated heterocycles. The number of fused-ring (bicyclic) bond motifs is 1. The summed E-state index contributed by atoms with van der Waals surface area (Å²) in [6.07, 6.45) is 5.86. The topological polar surface area (TPSA) is 35.5 Å². The van der Waals surface area contributed by atoms with Gasteiger partial charge in [-0.05, 0) is 51.1 Å². The molecule has 0 spiro atoms. The van der Waals surface area contributed by atoms with Gasteiger partial charge in [-0.15, -0.1) is 0 Å². The molecule has 2 N–H and O–H groups in total. The van der Waals surface area contributed by atoms with Crippen LogP contribution in [0.2, 0.25) is 0 Å². The molecule has 0 aromatic carbocycles. The van der Waals surface area contributed by atoms with Crippen LogP contribution in [0.15, 0.2) is 0 Å². The van der Waals surface area contributed by atoms with Crippen LogP contribution in [0.3, 0.4) is 0 Å². The van der Waals surface area contributed by atoms with E-state index >= 15 is 0 Å². The molecule has 3 heterocycles. The smallest absolute Gasteiger partial charge is 0.0966 e. The van der Waals surface area contributed by atoms with Gasteiger partial charge in [0.25, 0.3) is 0 Å². The van der Waals surface area contributed by atoms with Gasteiger partial charge in [-0.1, -0.05) is 6.92 Å². The molecule has 0 amide bonds. The number of rotatable bonds is 1. The molecule has 4 atom stereocenters.